The monoisotopic (exact) mass is 224 g/mol. The van der Waals surface area contributed by atoms with Gasteiger partial charge in [0.15, 0.2) is 0 Å². The molecule has 16 heavy (non-hydrogen) atoms. The smallest absolute Gasteiger partial charge is 0.310 e. The van der Waals surface area contributed by atoms with E-state index in [4.69, 9.17) is 20.9 Å². The molecule has 1 rings (SSSR count). The van der Waals surface area contributed by atoms with E-state index in [9.17, 15) is 4.79 Å². The van der Waals surface area contributed by atoms with Gasteiger partial charge >= 0.3 is 5.97 Å². The molecule has 88 valence electrons. The molecule has 0 aromatic heterocycles. The van der Waals surface area contributed by atoms with Crippen molar-refractivity contribution in [2.45, 2.75) is 13.3 Å². The number of nitrogen functional groups attached to an aromatic ring is 2. The molecular formula is C11H16N2O3. The summed E-state index contributed by atoms with van der Waals surface area (Å²) in [6.45, 7) is 2.11. The fourth-order valence-corrected chi connectivity index (χ4v) is 1.36. The second-order valence-corrected chi connectivity index (χ2v) is 3.24. The van der Waals surface area contributed by atoms with Crippen molar-refractivity contribution < 1.29 is 14.3 Å². The molecule has 0 unspecified atom stereocenters. The van der Waals surface area contributed by atoms with E-state index in [-0.39, 0.29) is 12.4 Å². The van der Waals surface area contributed by atoms with Gasteiger partial charge in [0.25, 0.3) is 0 Å². The van der Waals surface area contributed by atoms with Gasteiger partial charge in [-0.3, -0.25) is 4.79 Å². The summed E-state index contributed by atoms with van der Waals surface area (Å²) in [4.78, 5) is 11.3. The largest absolute Gasteiger partial charge is 0.495 e. The van der Waals surface area contributed by atoms with E-state index < -0.39 is 0 Å². The number of hydrogen-bond acceptors (Lipinski definition) is 5. The number of carbonyl (C=O) groups is 1. The molecule has 0 radical (unpaired) electrons. The number of benzene rings is 1. The summed E-state index contributed by atoms with van der Waals surface area (Å²) >= 11 is 0. The molecule has 4 N–H and O–H groups in total. The van der Waals surface area contributed by atoms with Crippen molar-refractivity contribution in [2.24, 2.45) is 0 Å². The summed E-state index contributed by atoms with van der Waals surface area (Å²) in [6.07, 6.45) is 0.119. The Balaban J connectivity index is 2.90. The SMILES string of the molecule is CCOC(=O)Cc1ccc(OC)c(N)c1N. The number of hydrogen-bond donors (Lipinski definition) is 2. The van der Waals surface area contributed by atoms with Gasteiger partial charge in [-0.25, -0.2) is 0 Å². The van der Waals surface area contributed by atoms with Crippen molar-refractivity contribution in [1.82, 2.24) is 0 Å². The van der Waals surface area contributed by atoms with Crippen LogP contribution in [-0.2, 0) is 16.0 Å². The zero-order valence-corrected chi connectivity index (χ0v) is 9.45. The summed E-state index contributed by atoms with van der Waals surface area (Å²) in [5.41, 5.74) is 12.9. The van der Waals surface area contributed by atoms with Crippen molar-refractivity contribution >= 4 is 17.3 Å². The molecule has 0 aliphatic rings. The lowest BCUT2D eigenvalue weighted by Crippen LogP contribution is -2.10. The van der Waals surface area contributed by atoms with Crippen LogP contribution in [-0.4, -0.2) is 19.7 Å². The molecule has 0 heterocycles. The van der Waals surface area contributed by atoms with Crippen molar-refractivity contribution in [2.75, 3.05) is 25.2 Å². The van der Waals surface area contributed by atoms with Crippen LogP contribution in [0.15, 0.2) is 12.1 Å². The zero-order valence-electron chi connectivity index (χ0n) is 9.45. The van der Waals surface area contributed by atoms with E-state index >= 15 is 0 Å². The van der Waals surface area contributed by atoms with E-state index in [1.807, 2.05) is 0 Å². The van der Waals surface area contributed by atoms with E-state index in [1.54, 1.807) is 19.1 Å². The molecule has 0 atom stereocenters. The third-order valence-electron chi connectivity index (χ3n) is 2.20. The van der Waals surface area contributed by atoms with Crippen LogP contribution in [0.4, 0.5) is 11.4 Å². The summed E-state index contributed by atoms with van der Waals surface area (Å²) in [5.74, 6) is 0.184. The molecular weight excluding hydrogens is 208 g/mol. The lowest BCUT2D eigenvalue weighted by Gasteiger charge is -2.11. The molecule has 0 saturated carbocycles. The van der Waals surface area contributed by atoms with Gasteiger partial charge in [-0.15, -0.1) is 0 Å². The Kier molecular flexibility index (Phi) is 3.99. The molecule has 0 aliphatic heterocycles. The number of anilines is 2. The standard InChI is InChI=1S/C11H16N2O3/c1-3-16-9(14)6-7-4-5-8(15-2)11(13)10(7)12/h4-5H,3,6,12-13H2,1-2H3. The number of methoxy groups -OCH3 is 1. The predicted octanol–water partition coefficient (Wildman–Crippen LogP) is 0.965. The van der Waals surface area contributed by atoms with Crippen LogP contribution >= 0.6 is 0 Å². The summed E-state index contributed by atoms with van der Waals surface area (Å²) in [5, 5.41) is 0. The highest BCUT2D eigenvalue weighted by Crippen LogP contribution is 2.30. The highest BCUT2D eigenvalue weighted by atomic mass is 16.5. The van der Waals surface area contributed by atoms with E-state index in [2.05, 4.69) is 0 Å². The summed E-state index contributed by atoms with van der Waals surface area (Å²) < 4.78 is 9.84. The molecule has 1 aromatic rings. The van der Waals surface area contributed by atoms with Crippen molar-refractivity contribution in [3.05, 3.63) is 17.7 Å². The minimum absolute atomic E-state index is 0.119. The number of nitrogens with two attached hydrogens (primary N) is 2. The Morgan fingerprint density at radius 3 is 2.56 bits per heavy atom. The Labute approximate surface area is 94.3 Å². The maximum absolute atomic E-state index is 11.3. The molecule has 5 heteroatoms. The van der Waals surface area contributed by atoms with E-state index in [0.717, 1.165) is 0 Å². The van der Waals surface area contributed by atoms with Gasteiger partial charge in [-0.2, -0.15) is 0 Å². The normalized spacial score (nSPS) is 9.88. The van der Waals surface area contributed by atoms with Crippen LogP contribution in [0.2, 0.25) is 0 Å². The van der Waals surface area contributed by atoms with Crippen LogP contribution in [0.1, 0.15) is 12.5 Å². The molecule has 1 aromatic carbocycles. The second-order valence-electron chi connectivity index (χ2n) is 3.24. The quantitative estimate of drug-likeness (QED) is 0.587. The summed E-state index contributed by atoms with van der Waals surface area (Å²) in [6, 6.07) is 3.39. The fraction of sp³-hybridized carbons (Fsp3) is 0.364. The fourth-order valence-electron chi connectivity index (χ4n) is 1.36. The average molecular weight is 224 g/mol. The van der Waals surface area contributed by atoms with Crippen molar-refractivity contribution in [3.8, 4) is 5.75 Å². The molecule has 0 bridgehead atoms. The number of carbonyl (C=O) groups excluding carboxylic acids is 1. The minimum atomic E-state index is -0.321. The number of esters is 1. The molecule has 0 amide bonds. The Bertz CT molecular complexity index is 391. The van der Waals surface area contributed by atoms with Gasteiger partial charge in [-0.1, -0.05) is 6.07 Å². The maximum atomic E-state index is 11.3. The first kappa shape index (κ1) is 12.2. The second kappa shape index (κ2) is 5.25. The average Bonchev–Trinajstić information content (AvgIpc) is 2.25. The first-order valence-corrected chi connectivity index (χ1v) is 4.96. The molecule has 5 nitrogen and oxygen atoms in total. The van der Waals surface area contributed by atoms with Crippen LogP contribution < -0.4 is 16.2 Å². The highest BCUT2D eigenvalue weighted by Gasteiger charge is 2.12. The number of ether oxygens (including phenoxy) is 2. The molecule has 0 spiro atoms. The van der Waals surface area contributed by atoms with Crippen LogP contribution in [0.5, 0.6) is 5.75 Å². The van der Waals surface area contributed by atoms with Crippen LogP contribution in [0.25, 0.3) is 0 Å². The number of rotatable bonds is 4. The van der Waals surface area contributed by atoms with E-state index in [1.165, 1.54) is 7.11 Å². The third-order valence-corrected chi connectivity index (χ3v) is 2.20. The predicted molar refractivity (Wildman–Crippen MR) is 62.2 cm³/mol. The minimum Gasteiger partial charge on any atom is -0.495 e. The first-order chi connectivity index (χ1) is 7.60. The van der Waals surface area contributed by atoms with Gasteiger partial charge in [0.1, 0.15) is 5.75 Å². The van der Waals surface area contributed by atoms with Gasteiger partial charge < -0.3 is 20.9 Å². The summed E-state index contributed by atoms with van der Waals surface area (Å²) in [7, 11) is 1.51. The molecule has 0 aliphatic carbocycles. The first-order valence-electron chi connectivity index (χ1n) is 4.96. The van der Waals surface area contributed by atoms with Crippen molar-refractivity contribution in [1.29, 1.82) is 0 Å². The highest BCUT2D eigenvalue weighted by molar-refractivity contribution is 5.80. The van der Waals surface area contributed by atoms with Gasteiger partial charge in [0.2, 0.25) is 0 Å². The molecule has 0 fully saturated rings. The molecule has 0 saturated heterocycles. The van der Waals surface area contributed by atoms with Crippen molar-refractivity contribution in [3.63, 3.8) is 0 Å². The third kappa shape index (κ3) is 2.56. The van der Waals surface area contributed by atoms with E-state index in [0.29, 0.717) is 29.3 Å². The lowest BCUT2D eigenvalue weighted by molar-refractivity contribution is -0.142. The Hall–Kier alpha value is -1.91. The van der Waals surface area contributed by atoms with Crippen LogP contribution in [0.3, 0.4) is 0 Å². The topological polar surface area (TPSA) is 87.6 Å². The Morgan fingerprint density at radius 1 is 1.31 bits per heavy atom. The van der Waals surface area contributed by atoms with Gasteiger partial charge in [-0.05, 0) is 18.6 Å². The van der Waals surface area contributed by atoms with Gasteiger partial charge in [0, 0.05) is 0 Å². The van der Waals surface area contributed by atoms with Crippen LogP contribution in [0, 0.1) is 0 Å². The lowest BCUT2D eigenvalue weighted by atomic mass is 10.1. The zero-order chi connectivity index (χ0) is 12.1. The Morgan fingerprint density at radius 2 is 2.00 bits per heavy atom. The maximum Gasteiger partial charge on any atom is 0.310 e. The van der Waals surface area contributed by atoms with Gasteiger partial charge in [0.05, 0.1) is 31.5 Å².